The molecule has 9 heteroatoms. The van der Waals surface area contributed by atoms with Crippen LogP contribution in [-0.2, 0) is 17.8 Å². The van der Waals surface area contributed by atoms with Crippen molar-refractivity contribution >= 4 is 34.1 Å². The van der Waals surface area contributed by atoms with Crippen LogP contribution >= 0.6 is 23.1 Å². The lowest BCUT2D eigenvalue weighted by Crippen LogP contribution is -2.14. The van der Waals surface area contributed by atoms with Gasteiger partial charge in [0.25, 0.3) is 0 Å². The number of aryl methyl sites for hydroxylation is 1. The number of benzene rings is 2. The Balaban J connectivity index is 1.36. The number of hydrogen-bond acceptors (Lipinski definition) is 6. The number of anilines is 1. The van der Waals surface area contributed by atoms with E-state index in [0.29, 0.717) is 23.3 Å². The van der Waals surface area contributed by atoms with Crippen LogP contribution in [0.2, 0.25) is 0 Å². The third kappa shape index (κ3) is 5.23. The van der Waals surface area contributed by atoms with Gasteiger partial charge in [-0.25, -0.2) is 9.37 Å². The van der Waals surface area contributed by atoms with Crippen molar-refractivity contribution in [2.75, 3.05) is 11.1 Å². The Morgan fingerprint density at radius 2 is 1.94 bits per heavy atom. The quantitative estimate of drug-likeness (QED) is 0.361. The molecular formula is C23H22FN5OS2. The van der Waals surface area contributed by atoms with Crippen molar-refractivity contribution in [2.24, 2.45) is 0 Å². The minimum atomic E-state index is -0.256. The lowest BCUT2D eigenvalue weighted by molar-refractivity contribution is -0.113. The third-order valence-electron chi connectivity index (χ3n) is 4.84. The first-order chi connectivity index (χ1) is 15.5. The standard InChI is InChI=1S/C23H22FN5OS2/c1-3-29-21(19-7-5-4-6-15(19)2)27-28-23(29)31-14-20(30)26-22-25-13-18(32-22)12-16-8-10-17(24)11-9-16/h4-11,13H,3,12,14H2,1-2H3,(H,25,26,30). The second kappa shape index (κ2) is 10.1. The van der Waals surface area contributed by atoms with Gasteiger partial charge in [-0.2, -0.15) is 0 Å². The molecule has 0 fully saturated rings. The van der Waals surface area contributed by atoms with Crippen molar-refractivity contribution in [1.29, 1.82) is 0 Å². The molecule has 0 aliphatic carbocycles. The Morgan fingerprint density at radius 3 is 2.69 bits per heavy atom. The molecule has 2 heterocycles. The smallest absolute Gasteiger partial charge is 0.236 e. The number of carbonyl (C=O) groups is 1. The Labute approximate surface area is 193 Å². The molecule has 0 aliphatic rings. The number of rotatable bonds is 8. The largest absolute Gasteiger partial charge is 0.302 e. The third-order valence-corrected chi connectivity index (χ3v) is 6.72. The summed E-state index contributed by atoms with van der Waals surface area (Å²) in [4.78, 5) is 17.7. The summed E-state index contributed by atoms with van der Waals surface area (Å²) in [5, 5.41) is 12.7. The minimum absolute atomic E-state index is 0.152. The van der Waals surface area contributed by atoms with Gasteiger partial charge in [-0.15, -0.1) is 21.5 Å². The van der Waals surface area contributed by atoms with E-state index in [2.05, 4.69) is 20.5 Å². The van der Waals surface area contributed by atoms with Crippen LogP contribution in [0.5, 0.6) is 0 Å². The van der Waals surface area contributed by atoms with Crippen molar-refractivity contribution in [2.45, 2.75) is 32.0 Å². The molecule has 0 saturated heterocycles. The minimum Gasteiger partial charge on any atom is -0.302 e. The summed E-state index contributed by atoms with van der Waals surface area (Å²) in [6.45, 7) is 4.79. The molecule has 1 amide bonds. The Bertz CT molecular complexity index is 1220. The zero-order valence-electron chi connectivity index (χ0n) is 17.7. The van der Waals surface area contributed by atoms with E-state index in [1.807, 2.05) is 42.7 Å². The molecule has 1 N–H and O–H groups in total. The van der Waals surface area contributed by atoms with Crippen LogP contribution in [0.25, 0.3) is 11.4 Å². The summed E-state index contributed by atoms with van der Waals surface area (Å²) >= 11 is 2.76. The summed E-state index contributed by atoms with van der Waals surface area (Å²) in [6.07, 6.45) is 2.38. The van der Waals surface area contributed by atoms with Gasteiger partial charge >= 0.3 is 0 Å². The van der Waals surface area contributed by atoms with E-state index in [4.69, 9.17) is 0 Å². The van der Waals surface area contributed by atoms with Crippen LogP contribution < -0.4 is 5.32 Å². The zero-order chi connectivity index (χ0) is 22.5. The summed E-state index contributed by atoms with van der Waals surface area (Å²) < 4.78 is 15.1. The van der Waals surface area contributed by atoms with Gasteiger partial charge in [0.05, 0.1) is 5.75 Å². The van der Waals surface area contributed by atoms with Gasteiger partial charge in [0.2, 0.25) is 5.91 Å². The van der Waals surface area contributed by atoms with E-state index in [1.165, 1.54) is 35.2 Å². The van der Waals surface area contributed by atoms with E-state index in [0.717, 1.165) is 27.4 Å². The molecule has 0 saturated carbocycles. The molecule has 164 valence electrons. The number of thiazole rings is 1. The number of hydrogen-bond donors (Lipinski definition) is 1. The molecule has 2 aromatic carbocycles. The maximum Gasteiger partial charge on any atom is 0.236 e. The normalized spacial score (nSPS) is 11.0. The van der Waals surface area contributed by atoms with Crippen LogP contribution in [-0.4, -0.2) is 31.4 Å². The molecule has 2 aromatic heterocycles. The highest BCUT2D eigenvalue weighted by molar-refractivity contribution is 7.99. The fourth-order valence-corrected chi connectivity index (χ4v) is 4.90. The van der Waals surface area contributed by atoms with Crippen molar-refractivity contribution in [3.8, 4) is 11.4 Å². The first-order valence-electron chi connectivity index (χ1n) is 10.1. The lowest BCUT2D eigenvalue weighted by Gasteiger charge is -2.09. The van der Waals surface area contributed by atoms with E-state index >= 15 is 0 Å². The van der Waals surface area contributed by atoms with Gasteiger partial charge in [0, 0.05) is 29.6 Å². The van der Waals surface area contributed by atoms with Crippen molar-refractivity contribution in [1.82, 2.24) is 19.7 Å². The van der Waals surface area contributed by atoms with E-state index in [1.54, 1.807) is 18.3 Å². The number of amides is 1. The van der Waals surface area contributed by atoms with Crippen molar-refractivity contribution in [3.63, 3.8) is 0 Å². The monoisotopic (exact) mass is 467 g/mol. The Morgan fingerprint density at radius 1 is 1.16 bits per heavy atom. The molecule has 0 atom stereocenters. The lowest BCUT2D eigenvalue weighted by atomic mass is 10.1. The van der Waals surface area contributed by atoms with Gasteiger partial charge in [-0.05, 0) is 37.1 Å². The topological polar surface area (TPSA) is 72.7 Å². The molecule has 6 nitrogen and oxygen atoms in total. The first kappa shape index (κ1) is 22.2. The van der Waals surface area contributed by atoms with E-state index < -0.39 is 0 Å². The van der Waals surface area contributed by atoms with Crippen LogP contribution in [0, 0.1) is 12.7 Å². The summed E-state index contributed by atoms with van der Waals surface area (Å²) in [5.41, 5.74) is 3.16. The number of nitrogens with one attached hydrogen (secondary N) is 1. The van der Waals surface area contributed by atoms with Crippen LogP contribution in [0.3, 0.4) is 0 Å². The highest BCUT2D eigenvalue weighted by Crippen LogP contribution is 2.27. The van der Waals surface area contributed by atoms with Gasteiger partial charge in [0.15, 0.2) is 16.1 Å². The van der Waals surface area contributed by atoms with Crippen molar-refractivity contribution in [3.05, 3.63) is 76.5 Å². The molecule has 0 spiro atoms. The van der Waals surface area contributed by atoms with Crippen molar-refractivity contribution < 1.29 is 9.18 Å². The van der Waals surface area contributed by atoms with E-state index in [9.17, 15) is 9.18 Å². The second-order valence-corrected chi connectivity index (χ2v) is 9.19. The average molecular weight is 468 g/mol. The Hall–Kier alpha value is -3.04. The fourth-order valence-electron chi connectivity index (χ4n) is 3.24. The molecule has 32 heavy (non-hydrogen) atoms. The zero-order valence-corrected chi connectivity index (χ0v) is 19.3. The summed E-state index contributed by atoms with van der Waals surface area (Å²) in [5.74, 6) is 0.603. The highest BCUT2D eigenvalue weighted by atomic mass is 32.2. The maximum atomic E-state index is 13.1. The molecule has 4 aromatic rings. The number of aromatic nitrogens is 4. The predicted molar refractivity (Wildman–Crippen MR) is 127 cm³/mol. The SMILES string of the molecule is CCn1c(SCC(=O)Nc2ncc(Cc3ccc(F)cc3)s2)nnc1-c1ccccc1C. The second-order valence-electron chi connectivity index (χ2n) is 7.14. The summed E-state index contributed by atoms with van der Waals surface area (Å²) in [6, 6.07) is 14.4. The number of carbonyl (C=O) groups excluding carboxylic acids is 1. The van der Waals surface area contributed by atoms with E-state index in [-0.39, 0.29) is 17.5 Å². The molecular weight excluding hydrogens is 445 g/mol. The van der Waals surface area contributed by atoms with Gasteiger partial charge in [-0.3, -0.25) is 4.79 Å². The van der Waals surface area contributed by atoms with Crippen LogP contribution in [0.15, 0.2) is 59.9 Å². The number of nitrogens with zero attached hydrogens (tertiary/aromatic N) is 4. The van der Waals surface area contributed by atoms with Gasteiger partial charge < -0.3 is 9.88 Å². The summed E-state index contributed by atoms with van der Waals surface area (Å²) in [7, 11) is 0. The highest BCUT2D eigenvalue weighted by Gasteiger charge is 2.16. The first-order valence-corrected chi connectivity index (χ1v) is 11.9. The molecule has 0 aliphatic heterocycles. The number of thioether (sulfide) groups is 1. The molecule has 0 bridgehead atoms. The molecule has 0 unspecified atom stereocenters. The van der Waals surface area contributed by atoms with Gasteiger partial charge in [0.1, 0.15) is 5.82 Å². The fraction of sp³-hybridized carbons (Fsp3) is 0.217. The van der Waals surface area contributed by atoms with Crippen LogP contribution in [0.1, 0.15) is 22.9 Å². The predicted octanol–water partition coefficient (Wildman–Crippen LogP) is 5.19. The Kier molecular flexibility index (Phi) is 6.96. The van der Waals surface area contributed by atoms with Crippen LogP contribution in [0.4, 0.5) is 9.52 Å². The van der Waals surface area contributed by atoms with Gasteiger partial charge in [-0.1, -0.05) is 48.2 Å². The number of halogens is 1. The molecule has 0 radical (unpaired) electrons. The molecule has 4 rings (SSSR count). The average Bonchev–Trinajstić information content (AvgIpc) is 3.40. The maximum absolute atomic E-state index is 13.1.